The molecule has 0 aromatic carbocycles. The maximum Gasteiger partial charge on any atom is 0.162 e. The van der Waals surface area contributed by atoms with Crippen molar-refractivity contribution >= 4 is 5.82 Å². The highest BCUT2D eigenvalue weighted by Gasteiger charge is 2.22. The molecule has 0 bridgehead atoms. The van der Waals surface area contributed by atoms with Gasteiger partial charge in [0.25, 0.3) is 0 Å². The lowest BCUT2D eigenvalue weighted by Crippen LogP contribution is -2.23. The fraction of sp³-hybridized carbons (Fsp3) is 0.636. The molecule has 1 N–H and O–H groups in total. The Morgan fingerprint density at radius 2 is 2.20 bits per heavy atom. The van der Waals surface area contributed by atoms with Crippen molar-refractivity contribution in [1.82, 2.24) is 9.97 Å². The first kappa shape index (κ1) is 11.9. The molecule has 0 aliphatic rings. The van der Waals surface area contributed by atoms with Crippen molar-refractivity contribution in [3.05, 3.63) is 18.1 Å². The number of hydrogen-bond acceptors (Lipinski definition) is 4. The van der Waals surface area contributed by atoms with Crippen LogP contribution in [0.5, 0.6) is 0 Å². The smallest absolute Gasteiger partial charge is 0.162 e. The van der Waals surface area contributed by atoms with E-state index < -0.39 is 5.60 Å². The zero-order valence-corrected chi connectivity index (χ0v) is 9.87. The molecule has 0 spiro atoms. The van der Waals surface area contributed by atoms with Crippen LogP contribution in [0.2, 0.25) is 0 Å². The van der Waals surface area contributed by atoms with Crippen molar-refractivity contribution < 1.29 is 4.74 Å². The maximum atomic E-state index is 5.33. The summed E-state index contributed by atoms with van der Waals surface area (Å²) in [4.78, 5) is 8.62. The second kappa shape index (κ2) is 5.07. The highest BCUT2D eigenvalue weighted by Crippen LogP contribution is 2.20. The van der Waals surface area contributed by atoms with E-state index in [1.807, 2.05) is 19.9 Å². The van der Waals surface area contributed by atoms with Crippen LogP contribution < -0.4 is 5.32 Å². The molecule has 0 fully saturated rings. The largest absolute Gasteiger partial charge is 0.371 e. The summed E-state index contributed by atoms with van der Waals surface area (Å²) in [5.74, 6) is 1.55. The van der Waals surface area contributed by atoms with Crippen molar-refractivity contribution in [3.8, 4) is 0 Å². The Bertz CT molecular complexity index is 312. The molecule has 0 radical (unpaired) electrons. The van der Waals surface area contributed by atoms with E-state index in [4.69, 9.17) is 4.74 Å². The molecule has 0 saturated heterocycles. The molecule has 1 aromatic rings. The monoisotopic (exact) mass is 209 g/mol. The predicted molar refractivity (Wildman–Crippen MR) is 60.8 cm³/mol. The van der Waals surface area contributed by atoms with Crippen molar-refractivity contribution in [2.45, 2.75) is 32.8 Å². The van der Waals surface area contributed by atoms with Crippen LogP contribution in [0.4, 0.5) is 5.82 Å². The average molecular weight is 209 g/mol. The summed E-state index contributed by atoms with van der Waals surface area (Å²) in [6, 6.07) is 1.87. The quantitative estimate of drug-likeness (QED) is 0.807. The van der Waals surface area contributed by atoms with Gasteiger partial charge in [0.15, 0.2) is 5.82 Å². The maximum absolute atomic E-state index is 5.33. The highest BCUT2D eigenvalue weighted by atomic mass is 16.5. The van der Waals surface area contributed by atoms with Crippen molar-refractivity contribution in [2.75, 3.05) is 19.0 Å². The zero-order valence-electron chi connectivity index (χ0n) is 9.87. The standard InChI is InChI=1S/C11H19N3O/c1-5-7-12-9-6-8-13-10(14-9)11(2,3)15-4/h6,8H,5,7H2,1-4H3,(H,12,13,14). The van der Waals surface area contributed by atoms with Crippen LogP contribution in [-0.2, 0) is 10.3 Å². The summed E-state index contributed by atoms with van der Waals surface area (Å²) in [5.41, 5.74) is -0.441. The van der Waals surface area contributed by atoms with Gasteiger partial charge < -0.3 is 10.1 Å². The second-order valence-electron chi connectivity index (χ2n) is 3.91. The fourth-order valence-corrected chi connectivity index (χ4v) is 1.09. The number of nitrogens with zero attached hydrogens (tertiary/aromatic N) is 2. The van der Waals surface area contributed by atoms with Gasteiger partial charge in [-0.05, 0) is 26.3 Å². The van der Waals surface area contributed by atoms with E-state index >= 15 is 0 Å². The van der Waals surface area contributed by atoms with Gasteiger partial charge in [0, 0.05) is 19.9 Å². The average Bonchev–Trinajstić information content (AvgIpc) is 2.27. The van der Waals surface area contributed by atoms with E-state index in [-0.39, 0.29) is 0 Å². The molecule has 0 unspecified atom stereocenters. The molecular weight excluding hydrogens is 190 g/mol. The lowest BCUT2D eigenvalue weighted by atomic mass is 10.1. The van der Waals surface area contributed by atoms with Crippen LogP contribution in [-0.4, -0.2) is 23.6 Å². The number of rotatable bonds is 5. The molecular formula is C11H19N3O. The molecule has 4 nitrogen and oxygen atoms in total. The Labute approximate surface area is 91.1 Å². The predicted octanol–water partition coefficient (Wildman–Crippen LogP) is 2.18. The normalized spacial score (nSPS) is 11.5. The van der Waals surface area contributed by atoms with E-state index in [0.29, 0.717) is 5.82 Å². The highest BCUT2D eigenvalue weighted by molar-refractivity contribution is 5.33. The number of ether oxygens (including phenoxy) is 1. The third-order valence-electron chi connectivity index (χ3n) is 2.26. The first-order valence-electron chi connectivity index (χ1n) is 5.22. The molecule has 0 amide bonds. The SMILES string of the molecule is CCCNc1ccnc(C(C)(C)OC)n1. The van der Waals surface area contributed by atoms with Crippen LogP contribution in [0, 0.1) is 0 Å². The number of hydrogen-bond donors (Lipinski definition) is 1. The molecule has 4 heteroatoms. The summed E-state index contributed by atoms with van der Waals surface area (Å²) >= 11 is 0. The Balaban J connectivity index is 2.82. The topological polar surface area (TPSA) is 47.0 Å². The van der Waals surface area contributed by atoms with E-state index in [2.05, 4.69) is 22.2 Å². The van der Waals surface area contributed by atoms with Gasteiger partial charge in [-0.15, -0.1) is 0 Å². The van der Waals surface area contributed by atoms with Gasteiger partial charge in [-0.3, -0.25) is 0 Å². The van der Waals surface area contributed by atoms with Gasteiger partial charge in [0.2, 0.25) is 0 Å². The third-order valence-corrected chi connectivity index (χ3v) is 2.26. The van der Waals surface area contributed by atoms with Gasteiger partial charge in [-0.25, -0.2) is 9.97 Å². The molecule has 0 saturated carbocycles. The molecule has 0 aliphatic heterocycles. The fourth-order valence-electron chi connectivity index (χ4n) is 1.09. The van der Waals surface area contributed by atoms with Crippen LogP contribution in [0.25, 0.3) is 0 Å². The number of aromatic nitrogens is 2. The Kier molecular flexibility index (Phi) is 4.03. The Morgan fingerprint density at radius 1 is 1.47 bits per heavy atom. The molecule has 0 atom stereocenters. The minimum atomic E-state index is -0.441. The van der Waals surface area contributed by atoms with Crippen LogP contribution in [0.15, 0.2) is 12.3 Å². The van der Waals surface area contributed by atoms with Gasteiger partial charge in [-0.2, -0.15) is 0 Å². The molecule has 1 aromatic heterocycles. The third kappa shape index (κ3) is 3.16. The Hall–Kier alpha value is -1.16. The minimum absolute atomic E-state index is 0.441. The molecule has 84 valence electrons. The lowest BCUT2D eigenvalue weighted by molar-refractivity contribution is 0.0116. The van der Waals surface area contributed by atoms with E-state index in [1.54, 1.807) is 13.3 Å². The number of methoxy groups -OCH3 is 1. The number of anilines is 1. The summed E-state index contributed by atoms with van der Waals surface area (Å²) < 4.78 is 5.33. The van der Waals surface area contributed by atoms with E-state index in [1.165, 1.54) is 0 Å². The first-order chi connectivity index (χ1) is 7.10. The van der Waals surface area contributed by atoms with Crippen LogP contribution >= 0.6 is 0 Å². The molecule has 1 heterocycles. The lowest BCUT2D eigenvalue weighted by Gasteiger charge is -2.21. The van der Waals surface area contributed by atoms with Crippen LogP contribution in [0.1, 0.15) is 33.0 Å². The van der Waals surface area contributed by atoms with E-state index in [9.17, 15) is 0 Å². The van der Waals surface area contributed by atoms with Crippen LogP contribution in [0.3, 0.4) is 0 Å². The summed E-state index contributed by atoms with van der Waals surface area (Å²) in [6.07, 6.45) is 2.83. The van der Waals surface area contributed by atoms with Crippen molar-refractivity contribution in [2.24, 2.45) is 0 Å². The van der Waals surface area contributed by atoms with Crippen molar-refractivity contribution in [3.63, 3.8) is 0 Å². The zero-order chi connectivity index (χ0) is 11.3. The van der Waals surface area contributed by atoms with Gasteiger partial charge in [-0.1, -0.05) is 6.92 Å². The molecule has 1 rings (SSSR count). The molecule has 0 aliphatic carbocycles. The van der Waals surface area contributed by atoms with E-state index in [0.717, 1.165) is 18.8 Å². The Morgan fingerprint density at radius 3 is 2.80 bits per heavy atom. The first-order valence-corrected chi connectivity index (χ1v) is 5.22. The van der Waals surface area contributed by atoms with Gasteiger partial charge >= 0.3 is 0 Å². The molecule has 15 heavy (non-hydrogen) atoms. The summed E-state index contributed by atoms with van der Waals surface area (Å²) in [5, 5.41) is 3.22. The second-order valence-corrected chi connectivity index (χ2v) is 3.91. The van der Waals surface area contributed by atoms with Gasteiger partial charge in [0.1, 0.15) is 11.4 Å². The number of nitrogens with one attached hydrogen (secondary N) is 1. The summed E-state index contributed by atoms with van der Waals surface area (Å²) in [6.45, 7) is 6.94. The van der Waals surface area contributed by atoms with Crippen molar-refractivity contribution in [1.29, 1.82) is 0 Å². The van der Waals surface area contributed by atoms with Gasteiger partial charge in [0.05, 0.1) is 0 Å². The summed E-state index contributed by atoms with van der Waals surface area (Å²) in [7, 11) is 1.66. The minimum Gasteiger partial charge on any atom is -0.371 e.